The summed E-state index contributed by atoms with van der Waals surface area (Å²) in [6.07, 6.45) is 2.87. The molecule has 1 aromatic carbocycles. The lowest BCUT2D eigenvalue weighted by Crippen LogP contribution is -2.32. The molecule has 14 heteroatoms. The molecule has 1 aliphatic rings. The standard InChI is InChI=1S/C24H24ClFN8O4/c1-13(26)38-18-4-3-14(25)9-16(18)21-17(11-33(30-21)12-19(36)32-8-5-15(35)10-32)29-24(37)20-22(27)31-34-7-2-6-28-23(20)34/h2-4,6-7,9,11,13,15,35H,5,8,10,12H2,1H3,(H2,27,31)(H,29,37)/t13?,15-/m0/s1. The molecule has 3 aromatic heterocycles. The SMILES string of the molecule is CC(F)Oc1ccc(Cl)cc1-c1nn(CC(=O)N2CC[C@H](O)C2)cc1NC(=O)c1c(N)nn2cccnc12. The number of likely N-dealkylation sites (tertiary alicyclic amines) is 1. The molecular weight excluding hydrogens is 519 g/mol. The Morgan fingerprint density at radius 2 is 2.18 bits per heavy atom. The van der Waals surface area contributed by atoms with Gasteiger partial charge in [0.25, 0.3) is 5.91 Å². The highest BCUT2D eigenvalue weighted by Gasteiger charge is 2.27. The first-order valence-corrected chi connectivity index (χ1v) is 12.1. The number of nitrogens with one attached hydrogen (secondary N) is 1. The van der Waals surface area contributed by atoms with Crippen molar-refractivity contribution in [3.05, 3.63) is 53.4 Å². The van der Waals surface area contributed by atoms with Gasteiger partial charge in [0.1, 0.15) is 23.6 Å². The average molecular weight is 543 g/mol. The molecule has 1 unspecified atom stereocenters. The van der Waals surface area contributed by atoms with Crippen molar-refractivity contribution in [3.8, 4) is 17.0 Å². The third-order valence-corrected chi connectivity index (χ3v) is 6.19. The van der Waals surface area contributed by atoms with Gasteiger partial charge in [0.15, 0.2) is 11.5 Å². The zero-order valence-corrected chi connectivity index (χ0v) is 21.0. The highest BCUT2D eigenvalue weighted by atomic mass is 35.5. The van der Waals surface area contributed by atoms with Crippen LogP contribution in [-0.4, -0.2) is 71.8 Å². The van der Waals surface area contributed by atoms with Gasteiger partial charge in [-0.2, -0.15) is 5.10 Å². The van der Waals surface area contributed by atoms with E-state index in [0.29, 0.717) is 23.6 Å². The predicted molar refractivity (Wildman–Crippen MR) is 136 cm³/mol. The maximum absolute atomic E-state index is 13.8. The molecule has 1 saturated heterocycles. The monoisotopic (exact) mass is 542 g/mol. The second kappa shape index (κ2) is 10.3. The van der Waals surface area contributed by atoms with Crippen molar-refractivity contribution in [3.63, 3.8) is 0 Å². The van der Waals surface area contributed by atoms with Crippen LogP contribution in [0.2, 0.25) is 5.02 Å². The van der Waals surface area contributed by atoms with Gasteiger partial charge in [-0.25, -0.2) is 13.9 Å². The van der Waals surface area contributed by atoms with Gasteiger partial charge in [0.2, 0.25) is 12.3 Å². The summed E-state index contributed by atoms with van der Waals surface area (Å²) in [5.74, 6) is -0.772. The zero-order valence-electron chi connectivity index (χ0n) is 20.2. The summed E-state index contributed by atoms with van der Waals surface area (Å²) in [6, 6.07) is 6.19. The Kier molecular flexibility index (Phi) is 6.87. The van der Waals surface area contributed by atoms with Gasteiger partial charge in [0.05, 0.1) is 11.8 Å². The molecule has 1 fully saturated rings. The molecule has 0 spiro atoms. The van der Waals surface area contributed by atoms with Crippen molar-refractivity contribution in [2.45, 2.75) is 32.4 Å². The summed E-state index contributed by atoms with van der Waals surface area (Å²) < 4.78 is 21.8. The smallest absolute Gasteiger partial charge is 0.263 e. The number of halogens is 2. The van der Waals surface area contributed by atoms with Crippen LogP contribution in [0.5, 0.6) is 5.75 Å². The molecule has 2 atom stereocenters. The summed E-state index contributed by atoms with van der Waals surface area (Å²) in [5, 5.41) is 21.5. The number of rotatable bonds is 7. The molecule has 0 aliphatic carbocycles. The van der Waals surface area contributed by atoms with E-state index in [1.54, 1.807) is 12.3 Å². The quantitative estimate of drug-likeness (QED) is 0.322. The maximum atomic E-state index is 13.8. The minimum atomic E-state index is -1.64. The van der Waals surface area contributed by atoms with E-state index >= 15 is 0 Å². The van der Waals surface area contributed by atoms with Crippen molar-refractivity contribution < 1.29 is 23.8 Å². The van der Waals surface area contributed by atoms with E-state index in [-0.39, 0.29) is 53.2 Å². The number of benzene rings is 1. The molecule has 4 N–H and O–H groups in total. The van der Waals surface area contributed by atoms with Crippen LogP contribution in [0, 0.1) is 0 Å². The lowest BCUT2D eigenvalue weighted by molar-refractivity contribution is -0.131. The van der Waals surface area contributed by atoms with E-state index in [0.717, 1.165) is 0 Å². The molecule has 0 saturated carbocycles. The Morgan fingerprint density at radius 3 is 2.92 bits per heavy atom. The highest BCUT2D eigenvalue weighted by molar-refractivity contribution is 6.31. The van der Waals surface area contributed by atoms with Crippen LogP contribution in [0.15, 0.2) is 42.9 Å². The van der Waals surface area contributed by atoms with Gasteiger partial charge in [-0.3, -0.25) is 14.3 Å². The van der Waals surface area contributed by atoms with E-state index in [9.17, 15) is 19.1 Å². The Hall–Kier alpha value is -4.23. The fourth-order valence-electron chi connectivity index (χ4n) is 4.27. The lowest BCUT2D eigenvalue weighted by atomic mass is 10.1. The number of anilines is 2. The Morgan fingerprint density at radius 1 is 1.37 bits per heavy atom. The zero-order chi connectivity index (χ0) is 27.0. The first-order chi connectivity index (χ1) is 18.2. The summed E-state index contributed by atoms with van der Waals surface area (Å²) in [6.45, 7) is 1.73. The fourth-order valence-corrected chi connectivity index (χ4v) is 4.44. The summed E-state index contributed by atoms with van der Waals surface area (Å²) >= 11 is 6.23. The molecule has 12 nitrogen and oxygen atoms in total. The van der Waals surface area contributed by atoms with Gasteiger partial charge in [-0.05, 0) is 30.7 Å². The first kappa shape index (κ1) is 25.4. The van der Waals surface area contributed by atoms with Crippen LogP contribution in [0.3, 0.4) is 0 Å². The van der Waals surface area contributed by atoms with E-state index in [1.807, 2.05) is 0 Å². The summed E-state index contributed by atoms with van der Waals surface area (Å²) in [4.78, 5) is 31.9. The molecule has 4 heterocycles. The minimum absolute atomic E-state index is 0.0315. The summed E-state index contributed by atoms with van der Waals surface area (Å²) in [7, 11) is 0. The fraction of sp³-hybridized carbons (Fsp3) is 0.292. The number of nitrogens with zero attached hydrogens (tertiary/aromatic N) is 6. The number of hydrogen-bond acceptors (Lipinski definition) is 8. The van der Waals surface area contributed by atoms with Crippen LogP contribution < -0.4 is 15.8 Å². The number of hydrogen-bond donors (Lipinski definition) is 3. The molecule has 38 heavy (non-hydrogen) atoms. The van der Waals surface area contributed by atoms with Gasteiger partial charge in [-0.1, -0.05) is 11.6 Å². The number of fused-ring (bicyclic) bond motifs is 1. The first-order valence-electron chi connectivity index (χ1n) is 11.7. The topological polar surface area (TPSA) is 153 Å². The Balaban J connectivity index is 1.54. The number of carbonyl (C=O) groups excluding carboxylic acids is 2. The number of aromatic nitrogens is 5. The number of nitrogen functional groups attached to an aromatic ring is 1. The van der Waals surface area contributed by atoms with Gasteiger partial charge < -0.3 is 25.8 Å². The maximum Gasteiger partial charge on any atom is 0.263 e. The van der Waals surface area contributed by atoms with Crippen LogP contribution in [0.25, 0.3) is 16.9 Å². The largest absolute Gasteiger partial charge is 0.460 e. The normalized spacial score (nSPS) is 16.1. The number of amides is 2. The van der Waals surface area contributed by atoms with Crippen LogP contribution in [-0.2, 0) is 11.3 Å². The Bertz CT molecular complexity index is 1520. The number of carbonyl (C=O) groups is 2. The number of alkyl halides is 1. The molecule has 1 aliphatic heterocycles. The second-order valence-electron chi connectivity index (χ2n) is 8.77. The molecule has 2 amide bonds. The molecule has 5 rings (SSSR count). The third-order valence-electron chi connectivity index (χ3n) is 5.96. The van der Waals surface area contributed by atoms with Gasteiger partial charge in [0, 0.05) is 49.2 Å². The molecule has 0 radical (unpaired) electrons. The van der Waals surface area contributed by atoms with Crippen molar-refractivity contribution in [1.82, 2.24) is 29.3 Å². The van der Waals surface area contributed by atoms with Crippen molar-refractivity contribution in [1.29, 1.82) is 0 Å². The highest BCUT2D eigenvalue weighted by Crippen LogP contribution is 2.37. The number of aliphatic hydroxyl groups excluding tert-OH is 1. The number of ether oxygens (including phenoxy) is 1. The molecule has 198 valence electrons. The van der Waals surface area contributed by atoms with Gasteiger partial charge >= 0.3 is 0 Å². The Labute approximate surface area is 220 Å². The van der Waals surface area contributed by atoms with Crippen LogP contribution >= 0.6 is 11.6 Å². The van der Waals surface area contributed by atoms with Gasteiger partial charge in [-0.15, -0.1) is 5.10 Å². The second-order valence-corrected chi connectivity index (χ2v) is 9.21. The number of aliphatic hydroxyl groups is 1. The van der Waals surface area contributed by atoms with E-state index in [1.165, 1.54) is 51.6 Å². The number of nitrogens with two attached hydrogens (primary N) is 1. The van der Waals surface area contributed by atoms with Crippen molar-refractivity contribution >= 4 is 40.6 Å². The molecular formula is C24H24ClFN8O4. The lowest BCUT2D eigenvalue weighted by Gasteiger charge is -2.15. The van der Waals surface area contributed by atoms with Crippen LogP contribution in [0.4, 0.5) is 15.9 Å². The molecule has 0 bridgehead atoms. The van der Waals surface area contributed by atoms with Crippen molar-refractivity contribution in [2.75, 3.05) is 24.1 Å². The summed E-state index contributed by atoms with van der Waals surface area (Å²) in [5.41, 5.74) is 6.98. The van der Waals surface area contributed by atoms with E-state index in [2.05, 4.69) is 20.5 Å². The average Bonchev–Trinajstić information content (AvgIpc) is 3.56. The van der Waals surface area contributed by atoms with E-state index < -0.39 is 18.4 Å². The van der Waals surface area contributed by atoms with Crippen LogP contribution in [0.1, 0.15) is 23.7 Å². The van der Waals surface area contributed by atoms with E-state index in [4.69, 9.17) is 22.1 Å². The third kappa shape index (κ3) is 5.10. The number of β-amino-alcohol motifs (C(OH)–C–C–N with tert-alkyl or cyclic N) is 1. The molecule has 4 aromatic rings. The van der Waals surface area contributed by atoms with Crippen molar-refractivity contribution in [2.24, 2.45) is 0 Å². The minimum Gasteiger partial charge on any atom is -0.460 e. The predicted octanol–water partition coefficient (Wildman–Crippen LogP) is 2.37.